The maximum absolute atomic E-state index is 5.98. The van der Waals surface area contributed by atoms with Crippen molar-refractivity contribution >= 4 is 23.3 Å². The Morgan fingerprint density at radius 3 is 2.62 bits per heavy atom. The highest BCUT2D eigenvalue weighted by Gasteiger charge is 2.09. The number of rotatable bonds is 3. The Morgan fingerprint density at radius 1 is 1.31 bits per heavy atom. The Bertz CT molecular complexity index is 462. The van der Waals surface area contributed by atoms with Crippen LogP contribution >= 0.6 is 12.4 Å². The Labute approximate surface area is 103 Å². The fourth-order valence-electron chi connectivity index (χ4n) is 1.95. The van der Waals surface area contributed by atoms with Gasteiger partial charge in [0, 0.05) is 29.1 Å². The van der Waals surface area contributed by atoms with E-state index in [1.54, 1.807) is 0 Å². The van der Waals surface area contributed by atoms with Crippen molar-refractivity contribution in [1.82, 2.24) is 4.98 Å². The second kappa shape index (κ2) is 5.37. The minimum Gasteiger partial charge on any atom is -0.358 e. The number of H-pyrrole nitrogens is 1. The fraction of sp³-hybridized carbons (Fsp3) is 0.385. The van der Waals surface area contributed by atoms with E-state index < -0.39 is 0 Å². The third-order valence-corrected chi connectivity index (χ3v) is 3.06. The molecular formula is C13H19ClN2. The molecule has 16 heavy (non-hydrogen) atoms. The van der Waals surface area contributed by atoms with Crippen molar-refractivity contribution < 1.29 is 0 Å². The lowest BCUT2D eigenvalue weighted by molar-refractivity contribution is 0.637. The van der Waals surface area contributed by atoms with Crippen molar-refractivity contribution in [3.63, 3.8) is 0 Å². The number of fused-ring (bicyclic) bond motifs is 1. The average Bonchev–Trinajstić information content (AvgIpc) is 2.57. The molecule has 2 aromatic rings. The highest BCUT2D eigenvalue weighted by atomic mass is 35.5. The van der Waals surface area contributed by atoms with E-state index in [4.69, 9.17) is 5.73 Å². The molecule has 88 valence electrons. The molecular weight excluding hydrogens is 220 g/mol. The number of aromatic amines is 1. The topological polar surface area (TPSA) is 41.8 Å². The monoisotopic (exact) mass is 238 g/mol. The number of nitrogens with two attached hydrogens (primary N) is 1. The summed E-state index contributed by atoms with van der Waals surface area (Å²) in [5.41, 5.74) is 9.82. The Balaban J connectivity index is 0.00000128. The summed E-state index contributed by atoms with van der Waals surface area (Å²) in [5, 5.41) is 1.32. The van der Waals surface area contributed by atoms with E-state index in [1.165, 1.54) is 22.2 Å². The summed E-state index contributed by atoms with van der Waals surface area (Å²) in [5.74, 6) is 0. The van der Waals surface area contributed by atoms with Crippen molar-refractivity contribution in [3.05, 3.63) is 35.5 Å². The first-order valence-electron chi connectivity index (χ1n) is 5.54. The van der Waals surface area contributed by atoms with Crippen LogP contribution in [0.4, 0.5) is 0 Å². The van der Waals surface area contributed by atoms with E-state index in [9.17, 15) is 0 Å². The van der Waals surface area contributed by atoms with Crippen molar-refractivity contribution in [2.45, 2.75) is 32.7 Å². The van der Waals surface area contributed by atoms with Gasteiger partial charge in [0.15, 0.2) is 0 Å². The van der Waals surface area contributed by atoms with Crippen LogP contribution in [0.25, 0.3) is 10.9 Å². The predicted molar refractivity (Wildman–Crippen MR) is 72.3 cm³/mol. The van der Waals surface area contributed by atoms with E-state index in [2.05, 4.69) is 43.1 Å². The van der Waals surface area contributed by atoms with Gasteiger partial charge < -0.3 is 10.7 Å². The zero-order chi connectivity index (χ0) is 10.8. The van der Waals surface area contributed by atoms with Gasteiger partial charge in [0.25, 0.3) is 0 Å². The smallest absolute Gasteiger partial charge is 0.0458 e. The van der Waals surface area contributed by atoms with Gasteiger partial charge in [-0.25, -0.2) is 0 Å². The van der Waals surface area contributed by atoms with Gasteiger partial charge in [0.2, 0.25) is 0 Å². The molecule has 0 bridgehead atoms. The van der Waals surface area contributed by atoms with Crippen LogP contribution < -0.4 is 5.73 Å². The molecule has 0 radical (unpaired) electrons. The lowest BCUT2D eigenvalue weighted by atomic mass is 10.1. The second-order valence-corrected chi connectivity index (χ2v) is 4.15. The first kappa shape index (κ1) is 13.1. The van der Waals surface area contributed by atoms with Crippen LogP contribution in [-0.2, 0) is 6.42 Å². The number of halogens is 1. The van der Waals surface area contributed by atoms with Crippen LogP contribution in [0.2, 0.25) is 0 Å². The number of aryl methyl sites for hydroxylation is 1. The van der Waals surface area contributed by atoms with Crippen LogP contribution in [0.3, 0.4) is 0 Å². The minimum atomic E-state index is 0. The fourth-order valence-corrected chi connectivity index (χ4v) is 1.95. The first-order valence-corrected chi connectivity index (χ1v) is 5.54. The SMILES string of the molecule is CCC(N)Cc1[nH]c2ccccc2c1C.Cl. The number of aromatic nitrogens is 1. The molecule has 0 aliphatic rings. The van der Waals surface area contributed by atoms with Gasteiger partial charge in [0.1, 0.15) is 0 Å². The number of hydrogen-bond donors (Lipinski definition) is 2. The Kier molecular flexibility index (Phi) is 4.39. The predicted octanol–water partition coefficient (Wildman–Crippen LogP) is 3.18. The van der Waals surface area contributed by atoms with Gasteiger partial charge in [-0.1, -0.05) is 25.1 Å². The molecule has 0 aliphatic carbocycles. The molecule has 1 aromatic carbocycles. The van der Waals surface area contributed by atoms with Gasteiger partial charge in [-0.2, -0.15) is 0 Å². The van der Waals surface area contributed by atoms with Gasteiger partial charge in [0.05, 0.1) is 0 Å². The molecule has 0 saturated carbocycles. The summed E-state index contributed by atoms with van der Waals surface area (Å²) in [4.78, 5) is 3.45. The highest BCUT2D eigenvalue weighted by Crippen LogP contribution is 2.22. The molecule has 0 saturated heterocycles. The summed E-state index contributed by atoms with van der Waals surface area (Å²) < 4.78 is 0. The molecule has 0 fully saturated rings. The van der Waals surface area contributed by atoms with Crippen molar-refractivity contribution in [1.29, 1.82) is 0 Å². The normalized spacial score (nSPS) is 12.4. The van der Waals surface area contributed by atoms with Crippen LogP contribution in [0.15, 0.2) is 24.3 Å². The Hall–Kier alpha value is -0.990. The van der Waals surface area contributed by atoms with Crippen LogP contribution in [-0.4, -0.2) is 11.0 Å². The molecule has 0 aliphatic heterocycles. The minimum absolute atomic E-state index is 0. The number of hydrogen-bond acceptors (Lipinski definition) is 1. The molecule has 1 atom stereocenters. The van der Waals surface area contributed by atoms with E-state index in [1.807, 2.05) is 0 Å². The Morgan fingerprint density at radius 2 is 2.00 bits per heavy atom. The summed E-state index contributed by atoms with van der Waals surface area (Å²) in [6.07, 6.45) is 1.96. The molecule has 0 amide bonds. The largest absolute Gasteiger partial charge is 0.358 e. The van der Waals surface area contributed by atoms with E-state index in [0.717, 1.165) is 12.8 Å². The van der Waals surface area contributed by atoms with Crippen molar-refractivity contribution in [2.75, 3.05) is 0 Å². The summed E-state index contributed by atoms with van der Waals surface area (Å²) >= 11 is 0. The third-order valence-electron chi connectivity index (χ3n) is 3.06. The second-order valence-electron chi connectivity index (χ2n) is 4.15. The first-order chi connectivity index (χ1) is 7.22. The zero-order valence-electron chi connectivity index (χ0n) is 9.79. The third kappa shape index (κ3) is 2.39. The van der Waals surface area contributed by atoms with Gasteiger partial charge >= 0.3 is 0 Å². The molecule has 1 aromatic heterocycles. The highest BCUT2D eigenvalue weighted by molar-refractivity contribution is 5.85. The molecule has 2 nitrogen and oxygen atoms in total. The van der Waals surface area contributed by atoms with Gasteiger partial charge in [-0.05, 0) is 25.0 Å². The van der Waals surface area contributed by atoms with Crippen LogP contribution in [0.1, 0.15) is 24.6 Å². The van der Waals surface area contributed by atoms with Gasteiger partial charge in [-0.3, -0.25) is 0 Å². The summed E-state index contributed by atoms with van der Waals surface area (Å²) in [6, 6.07) is 8.66. The maximum Gasteiger partial charge on any atom is 0.0458 e. The van der Waals surface area contributed by atoms with Crippen LogP contribution in [0, 0.1) is 6.92 Å². The van der Waals surface area contributed by atoms with E-state index >= 15 is 0 Å². The number of nitrogens with one attached hydrogen (secondary N) is 1. The molecule has 2 rings (SSSR count). The summed E-state index contributed by atoms with van der Waals surface area (Å²) in [7, 11) is 0. The van der Waals surface area contributed by atoms with E-state index in [-0.39, 0.29) is 18.4 Å². The number of benzene rings is 1. The molecule has 3 N–H and O–H groups in total. The van der Waals surface area contributed by atoms with E-state index in [0.29, 0.717) is 0 Å². The van der Waals surface area contributed by atoms with Crippen LogP contribution in [0.5, 0.6) is 0 Å². The lowest BCUT2D eigenvalue weighted by Gasteiger charge is -2.07. The lowest BCUT2D eigenvalue weighted by Crippen LogP contribution is -2.21. The molecule has 1 unspecified atom stereocenters. The quantitative estimate of drug-likeness (QED) is 0.848. The number of para-hydroxylation sites is 1. The van der Waals surface area contributed by atoms with Crippen molar-refractivity contribution in [2.24, 2.45) is 5.73 Å². The molecule has 1 heterocycles. The average molecular weight is 239 g/mol. The molecule has 3 heteroatoms. The van der Waals surface area contributed by atoms with Crippen molar-refractivity contribution in [3.8, 4) is 0 Å². The summed E-state index contributed by atoms with van der Waals surface area (Å²) in [6.45, 7) is 4.29. The van der Waals surface area contributed by atoms with Gasteiger partial charge in [-0.15, -0.1) is 12.4 Å². The zero-order valence-corrected chi connectivity index (χ0v) is 10.6. The molecule has 0 spiro atoms. The standard InChI is InChI=1S/C13H18N2.ClH/c1-3-10(14)8-13-9(2)11-6-4-5-7-12(11)15-13;/h4-7,10,15H,3,8,14H2,1-2H3;1H. The maximum atomic E-state index is 5.98.